The molecule has 0 aliphatic carbocycles. The molecular formula is C13H26O. The summed E-state index contributed by atoms with van der Waals surface area (Å²) in [5.41, 5.74) is 0. The maximum absolute atomic E-state index is 11.8. The highest BCUT2D eigenvalue weighted by atomic mass is 16.1. The average molecular weight is 198 g/mol. The van der Waals surface area contributed by atoms with Crippen LogP contribution in [0.25, 0.3) is 0 Å². The molecule has 0 radical (unpaired) electrons. The SMILES string of the molecule is CCCC(=O)C(CC(C)C)CC(C)C. The summed E-state index contributed by atoms with van der Waals surface area (Å²) in [6, 6.07) is 0. The highest BCUT2D eigenvalue weighted by Crippen LogP contribution is 2.22. The molecule has 0 fully saturated rings. The predicted octanol–water partition coefficient (Wildman–Crippen LogP) is 4.06. The highest BCUT2D eigenvalue weighted by Gasteiger charge is 2.19. The Labute approximate surface area is 89.3 Å². The summed E-state index contributed by atoms with van der Waals surface area (Å²) in [5, 5.41) is 0. The molecule has 0 bridgehead atoms. The molecule has 0 rings (SSSR count). The Morgan fingerprint density at radius 1 is 1.00 bits per heavy atom. The summed E-state index contributed by atoms with van der Waals surface area (Å²) in [5.74, 6) is 2.07. The first kappa shape index (κ1) is 13.7. The van der Waals surface area contributed by atoms with E-state index in [1.165, 1.54) is 0 Å². The lowest BCUT2D eigenvalue weighted by Crippen LogP contribution is -2.18. The fourth-order valence-corrected chi connectivity index (χ4v) is 1.95. The van der Waals surface area contributed by atoms with Gasteiger partial charge in [0, 0.05) is 12.3 Å². The van der Waals surface area contributed by atoms with Gasteiger partial charge >= 0.3 is 0 Å². The zero-order valence-corrected chi connectivity index (χ0v) is 10.5. The molecular weight excluding hydrogens is 172 g/mol. The lowest BCUT2D eigenvalue weighted by atomic mass is 9.85. The Bertz CT molecular complexity index is 149. The van der Waals surface area contributed by atoms with Crippen molar-refractivity contribution >= 4 is 5.78 Å². The molecule has 0 aliphatic rings. The van der Waals surface area contributed by atoms with Gasteiger partial charge in [-0.05, 0) is 31.1 Å². The first-order valence-corrected chi connectivity index (χ1v) is 6.00. The van der Waals surface area contributed by atoms with Crippen molar-refractivity contribution < 1.29 is 4.79 Å². The number of carbonyl (C=O) groups excluding carboxylic acids is 1. The van der Waals surface area contributed by atoms with Crippen LogP contribution < -0.4 is 0 Å². The molecule has 84 valence electrons. The molecule has 0 spiro atoms. The normalized spacial score (nSPS) is 11.7. The van der Waals surface area contributed by atoms with Gasteiger partial charge in [-0.2, -0.15) is 0 Å². The van der Waals surface area contributed by atoms with Gasteiger partial charge in [-0.1, -0.05) is 34.6 Å². The quantitative estimate of drug-likeness (QED) is 0.603. The van der Waals surface area contributed by atoms with Crippen LogP contribution in [-0.2, 0) is 4.79 Å². The minimum atomic E-state index is 0.315. The van der Waals surface area contributed by atoms with E-state index < -0.39 is 0 Å². The van der Waals surface area contributed by atoms with Gasteiger partial charge in [-0.25, -0.2) is 0 Å². The Morgan fingerprint density at radius 3 is 1.71 bits per heavy atom. The number of hydrogen-bond acceptors (Lipinski definition) is 1. The summed E-state index contributed by atoms with van der Waals surface area (Å²) in [6.45, 7) is 10.9. The monoisotopic (exact) mass is 198 g/mol. The molecule has 0 aliphatic heterocycles. The van der Waals surface area contributed by atoms with E-state index >= 15 is 0 Å². The molecule has 1 nitrogen and oxygen atoms in total. The largest absolute Gasteiger partial charge is 0.299 e. The van der Waals surface area contributed by atoms with Gasteiger partial charge in [-0.15, -0.1) is 0 Å². The second-order valence-corrected chi connectivity index (χ2v) is 5.17. The molecule has 0 saturated carbocycles. The summed E-state index contributed by atoms with van der Waals surface area (Å²) >= 11 is 0. The minimum Gasteiger partial charge on any atom is -0.299 e. The maximum Gasteiger partial charge on any atom is 0.135 e. The molecule has 0 amide bonds. The van der Waals surface area contributed by atoms with Gasteiger partial charge in [0.2, 0.25) is 0 Å². The molecule has 14 heavy (non-hydrogen) atoms. The van der Waals surface area contributed by atoms with Crippen LogP contribution in [0.1, 0.15) is 60.3 Å². The first-order valence-electron chi connectivity index (χ1n) is 6.00. The van der Waals surface area contributed by atoms with Crippen LogP contribution in [0.3, 0.4) is 0 Å². The van der Waals surface area contributed by atoms with Crippen LogP contribution in [0.4, 0.5) is 0 Å². The molecule has 0 atom stereocenters. The van der Waals surface area contributed by atoms with E-state index in [1.54, 1.807) is 0 Å². The van der Waals surface area contributed by atoms with Crippen molar-refractivity contribution in [3.8, 4) is 0 Å². The van der Waals surface area contributed by atoms with Crippen LogP contribution >= 0.6 is 0 Å². The second-order valence-electron chi connectivity index (χ2n) is 5.17. The third kappa shape index (κ3) is 6.17. The van der Waals surface area contributed by atoms with Crippen molar-refractivity contribution in [2.45, 2.75) is 60.3 Å². The number of carbonyl (C=O) groups is 1. The van der Waals surface area contributed by atoms with E-state index in [0.717, 1.165) is 25.7 Å². The molecule has 0 aromatic rings. The standard InChI is InChI=1S/C13H26O/c1-6-7-13(14)12(8-10(2)3)9-11(4)5/h10-12H,6-9H2,1-5H3. The molecule has 0 saturated heterocycles. The van der Waals surface area contributed by atoms with E-state index in [0.29, 0.717) is 23.5 Å². The Hall–Kier alpha value is -0.330. The van der Waals surface area contributed by atoms with Gasteiger partial charge in [0.05, 0.1) is 0 Å². The number of hydrogen-bond donors (Lipinski definition) is 0. The van der Waals surface area contributed by atoms with Gasteiger partial charge in [0.15, 0.2) is 0 Å². The molecule has 0 unspecified atom stereocenters. The zero-order chi connectivity index (χ0) is 11.1. The highest BCUT2D eigenvalue weighted by molar-refractivity contribution is 5.80. The van der Waals surface area contributed by atoms with Gasteiger partial charge < -0.3 is 0 Å². The Balaban J connectivity index is 4.15. The number of Topliss-reactive ketones (excluding diaryl/α,β-unsaturated/α-hetero) is 1. The molecule has 0 heterocycles. The summed E-state index contributed by atoms with van der Waals surface area (Å²) in [7, 11) is 0. The van der Waals surface area contributed by atoms with E-state index in [9.17, 15) is 4.79 Å². The summed E-state index contributed by atoms with van der Waals surface area (Å²) in [4.78, 5) is 11.8. The van der Waals surface area contributed by atoms with E-state index in [1.807, 2.05) is 0 Å². The smallest absolute Gasteiger partial charge is 0.135 e. The molecule has 0 aromatic carbocycles. The molecule has 0 N–H and O–H groups in total. The zero-order valence-electron chi connectivity index (χ0n) is 10.5. The van der Waals surface area contributed by atoms with Gasteiger partial charge in [0.1, 0.15) is 5.78 Å². The van der Waals surface area contributed by atoms with E-state index in [2.05, 4.69) is 34.6 Å². The van der Waals surface area contributed by atoms with Crippen LogP contribution in [0.15, 0.2) is 0 Å². The van der Waals surface area contributed by atoms with Crippen LogP contribution in [0, 0.1) is 17.8 Å². The fraction of sp³-hybridized carbons (Fsp3) is 0.923. The Morgan fingerprint density at radius 2 is 1.43 bits per heavy atom. The second kappa shape index (κ2) is 7.03. The van der Waals surface area contributed by atoms with Crippen molar-refractivity contribution in [1.29, 1.82) is 0 Å². The maximum atomic E-state index is 11.8. The number of ketones is 1. The van der Waals surface area contributed by atoms with Crippen molar-refractivity contribution in [3.63, 3.8) is 0 Å². The average Bonchev–Trinajstić information content (AvgIpc) is 2.01. The van der Waals surface area contributed by atoms with Gasteiger partial charge in [-0.3, -0.25) is 4.79 Å². The van der Waals surface area contributed by atoms with Gasteiger partial charge in [0.25, 0.3) is 0 Å². The van der Waals surface area contributed by atoms with Crippen molar-refractivity contribution in [3.05, 3.63) is 0 Å². The fourth-order valence-electron chi connectivity index (χ4n) is 1.95. The lowest BCUT2D eigenvalue weighted by molar-refractivity contribution is -0.123. The van der Waals surface area contributed by atoms with Crippen LogP contribution in [-0.4, -0.2) is 5.78 Å². The van der Waals surface area contributed by atoms with Crippen molar-refractivity contribution in [1.82, 2.24) is 0 Å². The van der Waals surface area contributed by atoms with E-state index in [4.69, 9.17) is 0 Å². The molecule has 0 aromatic heterocycles. The minimum absolute atomic E-state index is 0.315. The topological polar surface area (TPSA) is 17.1 Å². The molecule has 1 heteroatoms. The van der Waals surface area contributed by atoms with Crippen molar-refractivity contribution in [2.24, 2.45) is 17.8 Å². The Kier molecular flexibility index (Phi) is 6.86. The predicted molar refractivity (Wildman–Crippen MR) is 62.3 cm³/mol. The number of rotatable bonds is 7. The lowest BCUT2D eigenvalue weighted by Gasteiger charge is -2.19. The van der Waals surface area contributed by atoms with Crippen LogP contribution in [0.2, 0.25) is 0 Å². The summed E-state index contributed by atoms with van der Waals surface area (Å²) < 4.78 is 0. The van der Waals surface area contributed by atoms with E-state index in [-0.39, 0.29) is 0 Å². The third-order valence-electron chi connectivity index (χ3n) is 2.46. The third-order valence-corrected chi connectivity index (χ3v) is 2.46. The van der Waals surface area contributed by atoms with Crippen molar-refractivity contribution in [2.75, 3.05) is 0 Å². The first-order chi connectivity index (χ1) is 6.47. The van der Waals surface area contributed by atoms with Crippen LogP contribution in [0.5, 0.6) is 0 Å². The summed E-state index contributed by atoms with van der Waals surface area (Å²) in [6.07, 6.45) is 3.89.